The van der Waals surface area contributed by atoms with E-state index >= 15 is 0 Å². The van der Waals surface area contributed by atoms with Crippen molar-refractivity contribution in [3.8, 4) is 11.1 Å². The number of benzene rings is 1. The molecule has 2 heterocycles. The molecule has 176 valence electrons. The number of amides is 2. The Labute approximate surface area is 195 Å². The van der Waals surface area contributed by atoms with E-state index in [1.807, 2.05) is 6.92 Å². The van der Waals surface area contributed by atoms with Crippen LogP contribution in [-0.4, -0.2) is 41.7 Å². The van der Waals surface area contributed by atoms with E-state index in [4.69, 9.17) is 22.1 Å². The average Bonchev–Trinajstić information content (AvgIpc) is 3.49. The number of halogens is 3. The molecule has 10 heteroatoms. The maximum atomic E-state index is 14.1. The molecule has 0 spiro atoms. The number of aromatic nitrogens is 1. The van der Waals surface area contributed by atoms with Crippen molar-refractivity contribution in [1.82, 2.24) is 10.3 Å². The van der Waals surface area contributed by atoms with Gasteiger partial charge in [-0.2, -0.15) is 0 Å². The highest BCUT2D eigenvalue weighted by atomic mass is 35.5. The second-order valence-electron chi connectivity index (χ2n) is 8.98. The average molecular weight is 479 g/mol. The van der Waals surface area contributed by atoms with Crippen LogP contribution in [0.5, 0.6) is 0 Å². The van der Waals surface area contributed by atoms with Crippen LogP contribution in [0.25, 0.3) is 11.1 Å². The highest BCUT2D eigenvalue weighted by Crippen LogP contribution is 2.42. The van der Waals surface area contributed by atoms with E-state index in [1.54, 1.807) is 11.8 Å². The first-order chi connectivity index (χ1) is 15.6. The molecule has 1 saturated heterocycles. The second-order valence-corrected chi connectivity index (χ2v) is 9.39. The summed E-state index contributed by atoms with van der Waals surface area (Å²) in [5.41, 5.74) is 5.17. The summed E-state index contributed by atoms with van der Waals surface area (Å²) in [5, 5.41) is 3.10. The van der Waals surface area contributed by atoms with Gasteiger partial charge in [0.2, 0.25) is 0 Å². The van der Waals surface area contributed by atoms with Gasteiger partial charge in [-0.05, 0) is 50.3 Å². The van der Waals surface area contributed by atoms with Crippen LogP contribution in [0.2, 0.25) is 5.02 Å². The van der Waals surface area contributed by atoms with Gasteiger partial charge in [0.05, 0.1) is 17.3 Å². The first-order valence-electron chi connectivity index (χ1n) is 10.8. The Balaban J connectivity index is 1.82. The van der Waals surface area contributed by atoms with Gasteiger partial charge in [0.1, 0.15) is 17.2 Å². The van der Waals surface area contributed by atoms with Crippen LogP contribution in [0.4, 0.5) is 19.3 Å². The number of hydrogen-bond donors (Lipinski definition) is 2. The van der Waals surface area contributed by atoms with Crippen molar-refractivity contribution in [3.63, 3.8) is 0 Å². The Bertz CT molecular complexity index is 1090. The number of hydrogen-bond acceptors (Lipinski definition) is 5. The normalized spacial score (nSPS) is 21.1. The lowest BCUT2D eigenvalue weighted by Crippen LogP contribution is -2.39. The molecule has 1 aromatic carbocycles. The zero-order valence-corrected chi connectivity index (χ0v) is 19.1. The van der Waals surface area contributed by atoms with Crippen LogP contribution >= 0.6 is 11.6 Å². The number of primary amides is 1. The van der Waals surface area contributed by atoms with Gasteiger partial charge in [-0.3, -0.25) is 4.79 Å². The summed E-state index contributed by atoms with van der Waals surface area (Å²) in [5.74, 6) is -1.55. The zero-order valence-electron chi connectivity index (χ0n) is 18.3. The molecular formula is C23H25ClF2N4O3. The molecule has 7 nitrogen and oxygen atoms in total. The molecule has 2 amide bonds. The van der Waals surface area contributed by atoms with E-state index in [9.17, 15) is 18.4 Å². The predicted molar refractivity (Wildman–Crippen MR) is 120 cm³/mol. The largest absolute Gasteiger partial charge is 0.441 e. The highest BCUT2D eigenvalue weighted by Gasteiger charge is 2.40. The fourth-order valence-electron chi connectivity index (χ4n) is 4.36. The fraction of sp³-hybridized carbons (Fsp3) is 0.435. The van der Waals surface area contributed by atoms with Crippen molar-refractivity contribution in [2.45, 2.75) is 44.8 Å². The van der Waals surface area contributed by atoms with Gasteiger partial charge in [-0.1, -0.05) is 11.6 Å². The maximum Gasteiger partial charge on any atom is 0.405 e. The number of nitrogens with two attached hydrogens (primary N) is 1. The summed E-state index contributed by atoms with van der Waals surface area (Å²) in [7, 11) is 0. The third-order valence-corrected chi connectivity index (χ3v) is 6.45. The number of nitrogens with one attached hydrogen (secondary N) is 1. The lowest BCUT2D eigenvalue weighted by Gasteiger charge is -2.28. The molecule has 0 bridgehead atoms. The Morgan fingerprint density at radius 2 is 1.97 bits per heavy atom. The Morgan fingerprint density at radius 3 is 2.58 bits per heavy atom. The zero-order chi connectivity index (χ0) is 23.9. The number of rotatable bonds is 6. The molecule has 2 aliphatic rings. The smallest absolute Gasteiger partial charge is 0.405 e. The van der Waals surface area contributed by atoms with Crippen molar-refractivity contribution in [3.05, 3.63) is 46.7 Å². The van der Waals surface area contributed by atoms with Gasteiger partial charge >= 0.3 is 6.09 Å². The quantitative estimate of drug-likeness (QED) is 0.646. The second kappa shape index (κ2) is 8.78. The monoisotopic (exact) mass is 478 g/mol. The van der Waals surface area contributed by atoms with Crippen LogP contribution < -0.4 is 16.0 Å². The minimum absolute atomic E-state index is 0.0417. The minimum atomic E-state index is -0.910. The van der Waals surface area contributed by atoms with E-state index in [-0.39, 0.29) is 34.4 Å². The molecule has 2 atom stereocenters. The number of nitrogens with zero attached hydrogens (tertiary/aromatic N) is 2. The number of pyridine rings is 1. The molecule has 1 aliphatic heterocycles. The van der Waals surface area contributed by atoms with Crippen LogP contribution in [0.3, 0.4) is 0 Å². The third-order valence-electron chi connectivity index (χ3n) is 6.16. The van der Waals surface area contributed by atoms with Crippen LogP contribution in [0.15, 0.2) is 24.4 Å². The number of carbonyl (C=O) groups excluding carboxylic acids is 2. The maximum absolute atomic E-state index is 14.1. The standard InChI is InChI=1S/C23H25ClF2N4O3/c1-12(13-3-4-13)29-21(31)19-20(30-6-5-23(2,11-30)33-22(27)32)18(17(24)10-28-19)14-7-15(25)9-16(26)8-14/h7-10,12-13H,3-6,11H2,1-2H3,(H2,27,32)(H,29,31)/t12-,23-/m0/s1. The van der Waals surface area contributed by atoms with Crippen molar-refractivity contribution in [2.75, 3.05) is 18.0 Å². The van der Waals surface area contributed by atoms with Crippen molar-refractivity contribution >= 4 is 29.3 Å². The van der Waals surface area contributed by atoms with E-state index in [1.165, 1.54) is 6.20 Å². The van der Waals surface area contributed by atoms with E-state index < -0.39 is 29.2 Å². The minimum Gasteiger partial charge on any atom is -0.441 e. The van der Waals surface area contributed by atoms with Gasteiger partial charge in [-0.25, -0.2) is 18.6 Å². The summed E-state index contributed by atoms with van der Waals surface area (Å²) in [6.45, 7) is 4.24. The van der Waals surface area contributed by atoms with Crippen molar-refractivity contribution in [2.24, 2.45) is 11.7 Å². The molecule has 0 unspecified atom stereocenters. The predicted octanol–water partition coefficient (Wildman–Crippen LogP) is 4.27. The molecule has 0 radical (unpaired) electrons. The van der Waals surface area contributed by atoms with Gasteiger partial charge < -0.3 is 20.7 Å². The summed E-state index contributed by atoms with van der Waals surface area (Å²) < 4.78 is 33.5. The van der Waals surface area contributed by atoms with Crippen LogP contribution in [0, 0.1) is 17.6 Å². The van der Waals surface area contributed by atoms with Crippen LogP contribution in [0.1, 0.15) is 43.6 Å². The third kappa shape index (κ3) is 5.03. The van der Waals surface area contributed by atoms with Crippen LogP contribution in [-0.2, 0) is 4.74 Å². The molecule has 2 fully saturated rings. The first-order valence-corrected chi connectivity index (χ1v) is 11.1. The Kier molecular flexibility index (Phi) is 6.18. The topological polar surface area (TPSA) is 97.6 Å². The van der Waals surface area contributed by atoms with E-state index in [0.717, 1.165) is 31.0 Å². The van der Waals surface area contributed by atoms with Gasteiger partial charge in [0, 0.05) is 36.8 Å². The SMILES string of the molecule is C[C@H](NC(=O)c1ncc(Cl)c(-c2cc(F)cc(F)c2)c1N1CC[C@](C)(OC(N)=O)C1)C1CC1. The first kappa shape index (κ1) is 23.2. The molecule has 33 heavy (non-hydrogen) atoms. The Morgan fingerprint density at radius 1 is 1.30 bits per heavy atom. The van der Waals surface area contributed by atoms with Gasteiger partial charge in [-0.15, -0.1) is 0 Å². The molecular weight excluding hydrogens is 454 g/mol. The molecule has 1 aromatic heterocycles. The van der Waals surface area contributed by atoms with Crippen molar-refractivity contribution in [1.29, 1.82) is 0 Å². The molecule has 4 rings (SSSR count). The molecule has 1 aliphatic carbocycles. The molecule has 1 saturated carbocycles. The summed E-state index contributed by atoms with van der Waals surface area (Å²) in [6.07, 6.45) is 2.91. The lowest BCUT2D eigenvalue weighted by molar-refractivity contribution is 0.0480. The highest BCUT2D eigenvalue weighted by molar-refractivity contribution is 6.34. The number of ether oxygens (including phenoxy) is 1. The number of anilines is 1. The van der Waals surface area contributed by atoms with Gasteiger partial charge in [0.25, 0.3) is 5.91 Å². The van der Waals surface area contributed by atoms with E-state index in [2.05, 4.69) is 10.3 Å². The summed E-state index contributed by atoms with van der Waals surface area (Å²) in [6, 6.07) is 3.02. The van der Waals surface area contributed by atoms with E-state index in [0.29, 0.717) is 24.6 Å². The summed E-state index contributed by atoms with van der Waals surface area (Å²) >= 11 is 6.47. The van der Waals surface area contributed by atoms with Gasteiger partial charge in [0.15, 0.2) is 5.69 Å². The van der Waals surface area contributed by atoms with Crippen molar-refractivity contribution < 1.29 is 23.1 Å². The Hall–Kier alpha value is -2.94. The fourth-order valence-corrected chi connectivity index (χ4v) is 4.61. The molecule has 3 N–H and O–H groups in total. The lowest BCUT2D eigenvalue weighted by atomic mass is 10.0. The summed E-state index contributed by atoms with van der Waals surface area (Å²) in [4.78, 5) is 30.7. The number of carbonyl (C=O) groups is 2. The molecule has 2 aromatic rings.